The number of hydrogen-bond donors (Lipinski definition) is 0. The van der Waals surface area contributed by atoms with Gasteiger partial charge in [-0.3, -0.25) is 0 Å². The molecule has 0 bridgehead atoms. The molecule has 0 atom stereocenters. The average molecular weight is 1160 g/mol. The summed E-state index contributed by atoms with van der Waals surface area (Å²) in [6.07, 6.45) is 0. The molecule has 0 saturated heterocycles. The number of para-hydroxylation sites is 2. The third kappa shape index (κ3) is 9.78. The Bertz CT molecular complexity index is 4530. The molecule has 2 nitrogen and oxygen atoms in total. The normalized spacial score (nSPS) is 14.2. The molecular weight excluding hydrogens is 1080 g/mol. The minimum absolute atomic E-state index is 0.0284. The zero-order valence-corrected chi connectivity index (χ0v) is 53.4. The minimum atomic E-state index is -0.244. The molecule has 2 aliphatic rings. The Hall–Kier alpha value is -7.62. The van der Waals surface area contributed by atoms with E-state index in [9.17, 15) is 4.11 Å². The SMILES string of the molecule is [2H]c1c([2H])c([2H])c2c(c1[2H])c1cc(C(C)(C)C)ccc1n2-c1cc2c3c(c1)N(c1c(-c4ccc(C(C)(C)C)cc4)cccc1-c1ccc(C(C)(C)C)cc1)c1ccc(-c4cc(C(C)(C)C)cc(C(C)(C)C)c4)cc1B3c1ccc(-c3ccccc3)cc1[Se]2. The molecule has 0 amide bonds. The van der Waals surface area contributed by atoms with Gasteiger partial charge >= 0.3 is 516 Å². The van der Waals surface area contributed by atoms with Crippen molar-refractivity contribution in [2.45, 2.75) is 131 Å². The number of hydrogen-bond acceptors (Lipinski definition) is 1. The van der Waals surface area contributed by atoms with Crippen molar-refractivity contribution < 1.29 is 5.48 Å². The predicted molar refractivity (Wildman–Crippen MR) is 367 cm³/mol. The van der Waals surface area contributed by atoms with Crippen molar-refractivity contribution in [1.82, 2.24) is 4.57 Å². The van der Waals surface area contributed by atoms with E-state index in [2.05, 4.69) is 295 Å². The summed E-state index contributed by atoms with van der Waals surface area (Å²) >= 11 is -0.217. The summed E-state index contributed by atoms with van der Waals surface area (Å²) in [5.74, 6) is 0. The van der Waals surface area contributed by atoms with Gasteiger partial charge in [0.05, 0.1) is 0 Å². The third-order valence-corrected chi connectivity index (χ3v) is 20.1. The van der Waals surface area contributed by atoms with Crippen molar-refractivity contribution in [3.05, 3.63) is 234 Å². The number of benzene rings is 10. The van der Waals surface area contributed by atoms with Gasteiger partial charge < -0.3 is 0 Å². The van der Waals surface area contributed by atoms with Crippen LogP contribution in [0.5, 0.6) is 0 Å². The van der Waals surface area contributed by atoms with Crippen LogP contribution in [0.1, 0.15) is 137 Å². The van der Waals surface area contributed by atoms with Crippen LogP contribution in [-0.2, 0) is 27.1 Å². The molecule has 0 radical (unpaired) electrons. The van der Waals surface area contributed by atoms with Crippen molar-refractivity contribution in [1.29, 1.82) is 0 Å². The van der Waals surface area contributed by atoms with Gasteiger partial charge in [-0.15, -0.1) is 0 Å². The standard InChI is InChI=1S/C80H79BN2Se/c1-76(2,3)56-34-28-51(29-35-56)62-25-21-26-63(52-30-36-57(37-31-52)77(4,5)6)75(62)83-70-40-33-53(55-42-59(79(10,11)12)46-60(43-55)80(13,14)15)44-67(70)81-66-39-32-54(50-22-17-16-18-23-50)45-72(66)84-73-49-61(48-71(83)74(73)81)82-68-27-20-19-24-64(68)65-47-58(78(7,8)9)38-41-69(65)82/h16-49H,1-15H3/i19D,20D,24D,27D. The summed E-state index contributed by atoms with van der Waals surface area (Å²) in [6.45, 7) is 34.0. The summed E-state index contributed by atoms with van der Waals surface area (Å²) in [5.41, 5.74) is 24.2. The molecule has 0 unspecified atom stereocenters. The number of aromatic nitrogens is 1. The van der Waals surface area contributed by atoms with E-state index >= 15 is 0 Å². The summed E-state index contributed by atoms with van der Waals surface area (Å²) in [5, 5.41) is 1.34. The molecule has 2 aliphatic heterocycles. The zero-order chi connectivity index (χ0) is 62.5. The van der Waals surface area contributed by atoms with Crippen LogP contribution in [0.3, 0.4) is 0 Å². The predicted octanol–water partition coefficient (Wildman–Crippen LogP) is 18.2. The molecule has 0 saturated carbocycles. The van der Waals surface area contributed by atoms with Gasteiger partial charge in [0.2, 0.25) is 0 Å². The van der Waals surface area contributed by atoms with Crippen LogP contribution in [0.15, 0.2) is 206 Å². The number of rotatable bonds is 6. The first-order chi connectivity index (χ1) is 41.4. The first-order valence-corrected chi connectivity index (χ1v) is 31.7. The van der Waals surface area contributed by atoms with E-state index in [1.54, 1.807) is 0 Å². The Morgan fingerprint density at radius 2 is 0.917 bits per heavy atom. The molecule has 0 aliphatic carbocycles. The molecule has 10 aromatic carbocycles. The van der Waals surface area contributed by atoms with Gasteiger partial charge in [0.25, 0.3) is 0 Å². The number of anilines is 3. The molecule has 418 valence electrons. The van der Waals surface area contributed by atoms with Gasteiger partial charge in [0.15, 0.2) is 0 Å². The van der Waals surface area contributed by atoms with Crippen LogP contribution in [0, 0.1) is 0 Å². The van der Waals surface area contributed by atoms with E-state index < -0.39 is 0 Å². The zero-order valence-electron chi connectivity index (χ0n) is 55.7. The summed E-state index contributed by atoms with van der Waals surface area (Å²) < 4.78 is 42.5. The second-order valence-electron chi connectivity index (χ2n) is 28.8. The topological polar surface area (TPSA) is 8.17 Å². The van der Waals surface area contributed by atoms with Crippen molar-refractivity contribution >= 4 is 85.8 Å². The van der Waals surface area contributed by atoms with E-state index in [1.807, 2.05) is 0 Å². The van der Waals surface area contributed by atoms with E-state index in [1.165, 1.54) is 69.8 Å². The Morgan fingerprint density at radius 1 is 0.369 bits per heavy atom. The van der Waals surface area contributed by atoms with Gasteiger partial charge in [0, 0.05) is 0 Å². The second-order valence-corrected chi connectivity index (χ2v) is 31.1. The van der Waals surface area contributed by atoms with Crippen LogP contribution >= 0.6 is 0 Å². The Labute approximate surface area is 512 Å². The summed E-state index contributed by atoms with van der Waals surface area (Å²) in [7, 11) is 0. The van der Waals surface area contributed by atoms with Gasteiger partial charge in [0.1, 0.15) is 0 Å². The third-order valence-electron chi connectivity index (χ3n) is 17.8. The Balaban J connectivity index is 1.19. The average Bonchev–Trinajstić information content (AvgIpc) is 1.05. The maximum absolute atomic E-state index is 9.85. The summed E-state index contributed by atoms with van der Waals surface area (Å²) in [6, 6.07) is 68.4. The fourth-order valence-corrected chi connectivity index (χ4v) is 15.4. The molecule has 4 heteroatoms. The molecule has 0 N–H and O–H groups in total. The first kappa shape index (κ1) is 50.9. The molecule has 1 aromatic heterocycles. The molecule has 0 fully saturated rings. The van der Waals surface area contributed by atoms with Gasteiger partial charge in [-0.2, -0.15) is 0 Å². The fraction of sp³-hybridized carbons (Fsp3) is 0.250. The van der Waals surface area contributed by atoms with Gasteiger partial charge in [-0.05, 0) is 0 Å². The fourth-order valence-electron chi connectivity index (χ4n) is 12.8. The quantitative estimate of drug-likeness (QED) is 0.151. The van der Waals surface area contributed by atoms with Crippen molar-refractivity contribution in [3.8, 4) is 50.2 Å². The van der Waals surface area contributed by atoms with Crippen LogP contribution < -0.4 is 30.2 Å². The van der Waals surface area contributed by atoms with Gasteiger partial charge in [-0.25, -0.2) is 0 Å². The number of nitrogens with zero attached hydrogens (tertiary/aromatic N) is 2. The molecule has 84 heavy (non-hydrogen) atoms. The van der Waals surface area contributed by atoms with Crippen molar-refractivity contribution in [2.75, 3.05) is 4.90 Å². The first-order valence-electron chi connectivity index (χ1n) is 32.0. The molecular formula is C80H79BN2Se. The molecule has 11 aromatic rings. The Kier molecular flexibility index (Phi) is 12.1. The van der Waals surface area contributed by atoms with E-state index in [4.69, 9.17) is 1.37 Å². The van der Waals surface area contributed by atoms with Crippen LogP contribution in [-0.4, -0.2) is 26.2 Å². The van der Waals surface area contributed by atoms with Crippen molar-refractivity contribution in [2.24, 2.45) is 0 Å². The molecule has 3 heterocycles. The van der Waals surface area contributed by atoms with Crippen LogP contribution in [0.4, 0.5) is 17.1 Å². The monoisotopic (exact) mass is 1160 g/mol. The van der Waals surface area contributed by atoms with Crippen LogP contribution in [0.25, 0.3) is 72.0 Å². The van der Waals surface area contributed by atoms with Crippen molar-refractivity contribution in [3.63, 3.8) is 0 Å². The Morgan fingerprint density at radius 3 is 1.51 bits per heavy atom. The molecule has 0 spiro atoms. The van der Waals surface area contributed by atoms with E-state index in [0.29, 0.717) is 10.9 Å². The molecule has 13 rings (SSSR count). The van der Waals surface area contributed by atoms with Gasteiger partial charge in [-0.1, -0.05) is 0 Å². The van der Waals surface area contributed by atoms with Crippen LogP contribution in [0.2, 0.25) is 0 Å². The second kappa shape index (κ2) is 20.0. The van der Waals surface area contributed by atoms with E-state index in [-0.39, 0.29) is 72.9 Å². The maximum atomic E-state index is 9.85. The number of fused-ring (bicyclic) bond motifs is 7. The van der Waals surface area contributed by atoms with E-state index in [0.717, 1.165) is 61.5 Å². The summed E-state index contributed by atoms with van der Waals surface area (Å²) in [4.78, 5) is 2.59.